The topological polar surface area (TPSA) is 96.1 Å². The second kappa shape index (κ2) is 9.63. The van der Waals surface area contributed by atoms with E-state index in [0.29, 0.717) is 27.4 Å². The maximum Gasteiger partial charge on any atom is 0.240 e. The molecule has 1 aliphatic heterocycles. The third-order valence-electron chi connectivity index (χ3n) is 4.27. The summed E-state index contributed by atoms with van der Waals surface area (Å²) in [6.07, 6.45) is 1.48. The minimum Gasteiger partial charge on any atom is -0.455 e. The Labute approximate surface area is 187 Å². The summed E-state index contributed by atoms with van der Waals surface area (Å²) in [6, 6.07) is 20.0. The molecule has 2 amide bonds. The molecule has 1 unspecified atom stereocenters. The molecule has 1 fully saturated rings. The van der Waals surface area contributed by atoms with Crippen molar-refractivity contribution in [1.82, 2.24) is 5.32 Å². The van der Waals surface area contributed by atoms with Gasteiger partial charge in [0.15, 0.2) is 5.17 Å². The molecule has 4 rings (SSSR count). The number of thioether (sulfide) groups is 1. The molecular formula is C22H17ClN4O3S. The normalized spacial score (nSPS) is 17.3. The second-order valence-electron chi connectivity index (χ2n) is 6.58. The van der Waals surface area contributed by atoms with Crippen LogP contribution in [0.1, 0.15) is 12.2 Å². The molecule has 0 bridgehead atoms. The van der Waals surface area contributed by atoms with E-state index in [0.717, 1.165) is 5.56 Å². The predicted molar refractivity (Wildman–Crippen MR) is 123 cm³/mol. The van der Waals surface area contributed by atoms with E-state index in [4.69, 9.17) is 16.0 Å². The summed E-state index contributed by atoms with van der Waals surface area (Å²) in [5.41, 5.74) is 1.54. The number of nitrogens with one attached hydrogen (secondary N) is 2. The Kier molecular flexibility index (Phi) is 6.49. The fourth-order valence-corrected chi connectivity index (χ4v) is 3.96. The number of para-hydroxylation sites is 1. The van der Waals surface area contributed by atoms with E-state index in [2.05, 4.69) is 20.8 Å². The van der Waals surface area contributed by atoms with Gasteiger partial charge >= 0.3 is 0 Å². The average Bonchev–Trinajstić information content (AvgIpc) is 3.36. The van der Waals surface area contributed by atoms with Gasteiger partial charge in [0, 0.05) is 22.7 Å². The van der Waals surface area contributed by atoms with Gasteiger partial charge in [-0.15, -0.1) is 5.10 Å². The van der Waals surface area contributed by atoms with Gasteiger partial charge in [-0.05, 0) is 36.4 Å². The van der Waals surface area contributed by atoms with Crippen molar-refractivity contribution in [2.45, 2.75) is 11.7 Å². The molecule has 1 saturated heterocycles. The molecule has 2 N–H and O–H groups in total. The monoisotopic (exact) mass is 452 g/mol. The van der Waals surface area contributed by atoms with E-state index in [1.54, 1.807) is 30.3 Å². The first-order valence-electron chi connectivity index (χ1n) is 9.36. The van der Waals surface area contributed by atoms with Gasteiger partial charge in [0.1, 0.15) is 16.8 Å². The lowest BCUT2D eigenvalue weighted by molar-refractivity contribution is -0.122. The first-order chi connectivity index (χ1) is 15.1. The largest absolute Gasteiger partial charge is 0.455 e. The summed E-state index contributed by atoms with van der Waals surface area (Å²) in [7, 11) is 0. The van der Waals surface area contributed by atoms with Gasteiger partial charge in [0.05, 0.1) is 6.21 Å². The minimum atomic E-state index is -0.560. The summed E-state index contributed by atoms with van der Waals surface area (Å²) in [6.45, 7) is 0. The quantitative estimate of drug-likeness (QED) is 0.423. The van der Waals surface area contributed by atoms with Crippen molar-refractivity contribution < 1.29 is 14.0 Å². The van der Waals surface area contributed by atoms with Crippen LogP contribution in [0.2, 0.25) is 5.02 Å². The van der Waals surface area contributed by atoms with Crippen LogP contribution in [-0.2, 0) is 9.59 Å². The summed E-state index contributed by atoms with van der Waals surface area (Å²) >= 11 is 7.17. The van der Waals surface area contributed by atoms with Crippen molar-refractivity contribution in [3.8, 4) is 11.3 Å². The highest BCUT2D eigenvalue weighted by Gasteiger charge is 2.32. The van der Waals surface area contributed by atoms with Crippen molar-refractivity contribution in [3.63, 3.8) is 0 Å². The molecule has 3 aromatic rings. The van der Waals surface area contributed by atoms with Gasteiger partial charge in [-0.2, -0.15) is 5.10 Å². The number of halogens is 1. The Morgan fingerprint density at radius 2 is 2.00 bits per heavy atom. The van der Waals surface area contributed by atoms with Crippen LogP contribution in [0.15, 0.2) is 81.4 Å². The molecule has 1 aliphatic rings. The molecule has 0 saturated carbocycles. The van der Waals surface area contributed by atoms with Crippen molar-refractivity contribution in [1.29, 1.82) is 0 Å². The first-order valence-corrected chi connectivity index (χ1v) is 10.6. The van der Waals surface area contributed by atoms with Gasteiger partial charge in [0.2, 0.25) is 11.8 Å². The summed E-state index contributed by atoms with van der Waals surface area (Å²) in [5, 5.41) is 13.8. The smallest absolute Gasteiger partial charge is 0.240 e. The fraction of sp³-hybridized carbons (Fsp3) is 0.0909. The summed E-state index contributed by atoms with van der Waals surface area (Å²) < 4.78 is 5.72. The van der Waals surface area contributed by atoms with Crippen LogP contribution in [0.25, 0.3) is 11.3 Å². The minimum absolute atomic E-state index is 0.0370. The predicted octanol–water partition coefficient (Wildman–Crippen LogP) is 4.55. The number of nitrogens with zero attached hydrogens (tertiary/aromatic N) is 2. The molecule has 9 heteroatoms. The molecule has 0 radical (unpaired) electrons. The Hall–Kier alpha value is -3.36. The highest BCUT2D eigenvalue weighted by molar-refractivity contribution is 8.15. The van der Waals surface area contributed by atoms with Gasteiger partial charge in [0.25, 0.3) is 0 Å². The van der Waals surface area contributed by atoms with Crippen LogP contribution >= 0.6 is 23.4 Å². The number of benzene rings is 2. The lowest BCUT2D eigenvalue weighted by atomic mass is 10.2. The average molecular weight is 453 g/mol. The van der Waals surface area contributed by atoms with Crippen molar-refractivity contribution >= 4 is 52.2 Å². The SMILES string of the molecule is O=C(CC1S/C(=N\N=C\c2ccc(-c3cccc(Cl)c3)o2)NC1=O)Nc1ccccc1. The Morgan fingerprint density at radius 3 is 2.81 bits per heavy atom. The molecule has 31 heavy (non-hydrogen) atoms. The Bertz CT molecular complexity index is 1160. The number of amidine groups is 1. The molecule has 7 nitrogen and oxygen atoms in total. The number of carbonyl (C=O) groups is 2. The van der Waals surface area contributed by atoms with Crippen LogP contribution in [0, 0.1) is 0 Å². The number of amides is 2. The molecule has 0 spiro atoms. The maximum absolute atomic E-state index is 12.2. The van der Waals surface area contributed by atoms with Crippen LogP contribution in [0.3, 0.4) is 0 Å². The van der Waals surface area contributed by atoms with Crippen molar-refractivity contribution in [2.24, 2.45) is 10.2 Å². The fourth-order valence-electron chi connectivity index (χ4n) is 2.85. The van der Waals surface area contributed by atoms with E-state index < -0.39 is 5.25 Å². The summed E-state index contributed by atoms with van der Waals surface area (Å²) in [5.74, 6) is 0.646. The molecule has 2 heterocycles. The Morgan fingerprint density at radius 1 is 1.16 bits per heavy atom. The first kappa shape index (κ1) is 20.9. The van der Waals surface area contributed by atoms with Crippen molar-refractivity contribution in [2.75, 3.05) is 5.32 Å². The number of rotatable bonds is 6. The van der Waals surface area contributed by atoms with Gasteiger partial charge < -0.3 is 15.1 Å². The number of hydrogen-bond donors (Lipinski definition) is 2. The van der Waals surface area contributed by atoms with Crippen LogP contribution in [0.5, 0.6) is 0 Å². The highest BCUT2D eigenvalue weighted by atomic mass is 35.5. The van der Waals surface area contributed by atoms with Crippen molar-refractivity contribution in [3.05, 3.63) is 77.5 Å². The maximum atomic E-state index is 12.2. The summed E-state index contributed by atoms with van der Waals surface area (Å²) in [4.78, 5) is 24.3. The molecule has 156 valence electrons. The second-order valence-corrected chi connectivity index (χ2v) is 8.20. The number of anilines is 1. The zero-order valence-electron chi connectivity index (χ0n) is 16.1. The molecule has 1 atom stereocenters. The number of furan rings is 1. The number of carbonyl (C=O) groups excluding carboxylic acids is 2. The lowest BCUT2D eigenvalue weighted by Gasteiger charge is -2.06. The van der Waals surface area contributed by atoms with Gasteiger partial charge in [-0.25, -0.2) is 0 Å². The van der Waals surface area contributed by atoms with Crippen LogP contribution in [0.4, 0.5) is 5.69 Å². The van der Waals surface area contributed by atoms with E-state index in [1.165, 1.54) is 18.0 Å². The molecule has 0 aliphatic carbocycles. The number of hydrogen-bond acceptors (Lipinski definition) is 6. The van der Waals surface area contributed by atoms with E-state index >= 15 is 0 Å². The van der Waals surface area contributed by atoms with Gasteiger partial charge in [-0.1, -0.05) is 53.7 Å². The molecule has 2 aromatic carbocycles. The Balaban J connectivity index is 1.33. The van der Waals surface area contributed by atoms with E-state index in [-0.39, 0.29) is 18.2 Å². The highest BCUT2D eigenvalue weighted by Crippen LogP contribution is 2.25. The standard InChI is InChI=1S/C22H17ClN4O3S/c23-15-6-4-5-14(11-15)18-10-9-17(30-18)13-24-27-22-26-21(29)19(31-22)12-20(28)25-16-7-2-1-3-8-16/h1-11,13,19H,12H2,(H,25,28)(H,26,27,29)/b24-13+. The lowest BCUT2D eigenvalue weighted by Crippen LogP contribution is -2.28. The van der Waals surface area contributed by atoms with Crippen LogP contribution < -0.4 is 10.6 Å². The van der Waals surface area contributed by atoms with Crippen LogP contribution in [-0.4, -0.2) is 28.4 Å². The zero-order valence-corrected chi connectivity index (χ0v) is 17.7. The third kappa shape index (κ3) is 5.62. The molecular weight excluding hydrogens is 436 g/mol. The van der Waals surface area contributed by atoms with E-state index in [1.807, 2.05) is 36.4 Å². The third-order valence-corrected chi connectivity index (χ3v) is 5.58. The van der Waals surface area contributed by atoms with Gasteiger partial charge in [-0.3, -0.25) is 9.59 Å². The molecule has 1 aromatic heterocycles. The zero-order chi connectivity index (χ0) is 21.6. The van der Waals surface area contributed by atoms with E-state index in [9.17, 15) is 9.59 Å².